The second-order valence-corrected chi connectivity index (χ2v) is 12.3. The Morgan fingerprint density at radius 3 is 2.59 bits per heavy atom. The number of halogens is 1. The van der Waals surface area contributed by atoms with Gasteiger partial charge in [0.25, 0.3) is 0 Å². The van der Waals surface area contributed by atoms with Crippen molar-refractivity contribution in [3.8, 4) is 0 Å². The molecule has 3 rings (SSSR count). The zero-order valence-corrected chi connectivity index (χ0v) is 21.2. The first-order valence-electron chi connectivity index (χ1n) is 11.0. The van der Waals surface area contributed by atoms with Crippen molar-refractivity contribution in [2.45, 2.75) is 45.2 Å². The van der Waals surface area contributed by atoms with Gasteiger partial charge in [0, 0.05) is 31.6 Å². The Labute approximate surface area is 199 Å². The van der Waals surface area contributed by atoms with Crippen LogP contribution in [-0.2, 0) is 30.8 Å². The van der Waals surface area contributed by atoms with Gasteiger partial charge in [-0.2, -0.15) is 4.31 Å². The van der Waals surface area contributed by atoms with Crippen LogP contribution in [0.15, 0.2) is 12.1 Å². The van der Waals surface area contributed by atoms with Crippen molar-refractivity contribution in [2.75, 3.05) is 45.6 Å². The van der Waals surface area contributed by atoms with E-state index in [1.165, 1.54) is 22.7 Å². The van der Waals surface area contributed by atoms with Crippen molar-refractivity contribution >= 4 is 44.8 Å². The number of rotatable bonds is 9. The van der Waals surface area contributed by atoms with Crippen LogP contribution in [0, 0.1) is 5.92 Å². The van der Waals surface area contributed by atoms with Crippen molar-refractivity contribution < 1.29 is 22.7 Å². The van der Waals surface area contributed by atoms with Crippen molar-refractivity contribution in [1.82, 2.24) is 14.1 Å². The van der Waals surface area contributed by atoms with Crippen molar-refractivity contribution in [2.24, 2.45) is 5.92 Å². The van der Waals surface area contributed by atoms with Crippen molar-refractivity contribution in [3.63, 3.8) is 0 Å². The minimum absolute atomic E-state index is 0.0291. The summed E-state index contributed by atoms with van der Waals surface area (Å²) in [6, 6.07) is 2.20. The maximum atomic E-state index is 13.3. The van der Waals surface area contributed by atoms with Crippen LogP contribution in [0.1, 0.15) is 31.6 Å². The lowest BCUT2D eigenvalue weighted by Crippen LogP contribution is -2.56. The molecule has 1 aromatic rings. The highest BCUT2D eigenvalue weighted by molar-refractivity contribution is 7.89. The Morgan fingerprint density at radius 2 is 2.00 bits per heavy atom. The van der Waals surface area contributed by atoms with E-state index in [9.17, 15) is 18.0 Å². The van der Waals surface area contributed by atoms with Crippen LogP contribution >= 0.6 is 22.9 Å². The standard InChI is InChI=1S/C21H32ClN3O5S2/c1-4-15(2)19(21(27)24-10-12-30-13-11-24)25-9-7-17(20(25)26)23(3)32(28,29)14-8-16-5-6-18(22)31-16/h5-6,15,17,19H,4,7-14H2,1-3H3/t15-,17-,19-/m0/s1. The fraction of sp³-hybridized carbons (Fsp3) is 0.714. The summed E-state index contributed by atoms with van der Waals surface area (Å²) in [7, 11) is -2.18. The van der Waals surface area contributed by atoms with Crippen LogP contribution in [0.2, 0.25) is 4.34 Å². The average molecular weight is 506 g/mol. The van der Waals surface area contributed by atoms with Crippen LogP contribution in [0.5, 0.6) is 0 Å². The lowest BCUT2D eigenvalue weighted by atomic mass is 9.96. The zero-order valence-electron chi connectivity index (χ0n) is 18.8. The molecule has 0 unspecified atom stereocenters. The Bertz CT molecular complexity index is 916. The van der Waals surface area contributed by atoms with Crippen LogP contribution < -0.4 is 0 Å². The number of carbonyl (C=O) groups excluding carboxylic acids is 2. The van der Waals surface area contributed by atoms with E-state index in [1.54, 1.807) is 15.9 Å². The number of aryl methyl sites for hydroxylation is 1. The second kappa shape index (κ2) is 10.8. The highest BCUT2D eigenvalue weighted by Gasteiger charge is 2.45. The molecule has 0 bridgehead atoms. The average Bonchev–Trinajstić information content (AvgIpc) is 3.37. The molecule has 1 aromatic heterocycles. The molecule has 8 nitrogen and oxygen atoms in total. The summed E-state index contributed by atoms with van der Waals surface area (Å²) in [6.45, 7) is 6.34. The molecule has 2 aliphatic heterocycles. The minimum atomic E-state index is -3.64. The summed E-state index contributed by atoms with van der Waals surface area (Å²) in [4.78, 5) is 30.9. The number of sulfonamides is 1. The number of hydrogen-bond donors (Lipinski definition) is 0. The fourth-order valence-electron chi connectivity index (χ4n) is 4.23. The fourth-order valence-corrected chi connectivity index (χ4v) is 6.80. The Kier molecular flexibility index (Phi) is 8.59. The van der Waals surface area contributed by atoms with Crippen LogP contribution in [0.25, 0.3) is 0 Å². The van der Waals surface area contributed by atoms with Gasteiger partial charge in [0.05, 0.1) is 23.3 Å². The number of carbonyl (C=O) groups is 2. The molecule has 2 amide bonds. The minimum Gasteiger partial charge on any atom is -0.378 e. The summed E-state index contributed by atoms with van der Waals surface area (Å²) in [5, 5.41) is 0. The lowest BCUT2D eigenvalue weighted by Gasteiger charge is -2.37. The normalized spacial score (nSPS) is 21.9. The van der Waals surface area contributed by atoms with Crippen molar-refractivity contribution in [1.29, 1.82) is 0 Å². The van der Waals surface area contributed by atoms with Gasteiger partial charge in [0.2, 0.25) is 21.8 Å². The molecular formula is C21H32ClN3O5S2. The van der Waals surface area contributed by atoms with Crippen LogP contribution in [0.4, 0.5) is 0 Å². The Hall–Kier alpha value is -1.20. The van der Waals surface area contributed by atoms with E-state index in [-0.39, 0.29) is 23.5 Å². The molecule has 180 valence electrons. The Balaban J connectivity index is 1.70. The molecule has 0 aliphatic carbocycles. The molecule has 32 heavy (non-hydrogen) atoms. The number of thiophene rings is 1. The summed E-state index contributed by atoms with van der Waals surface area (Å²) < 4.78 is 33.0. The zero-order chi connectivity index (χ0) is 23.5. The largest absolute Gasteiger partial charge is 0.378 e. The molecule has 0 aromatic carbocycles. The highest BCUT2D eigenvalue weighted by atomic mass is 35.5. The maximum Gasteiger partial charge on any atom is 0.245 e. The predicted octanol–water partition coefficient (Wildman–Crippen LogP) is 2.08. The van der Waals surface area contributed by atoms with Gasteiger partial charge in [-0.15, -0.1) is 11.3 Å². The van der Waals surface area contributed by atoms with E-state index < -0.39 is 22.1 Å². The smallest absolute Gasteiger partial charge is 0.245 e. The number of amides is 2. The number of ether oxygens (including phenoxy) is 1. The molecule has 11 heteroatoms. The first kappa shape index (κ1) is 25.4. The van der Waals surface area contributed by atoms with Gasteiger partial charge < -0.3 is 14.5 Å². The van der Waals surface area contributed by atoms with Gasteiger partial charge >= 0.3 is 0 Å². The first-order valence-corrected chi connectivity index (χ1v) is 13.8. The molecule has 0 radical (unpaired) electrons. The van der Waals surface area contributed by atoms with E-state index in [0.29, 0.717) is 50.0 Å². The topological polar surface area (TPSA) is 87.2 Å². The first-order chi connectivity index (χ1) is 15.2. The number of likely N-dealkylation sites (tertiary alicyclic amines) is 1. The lowest BCUT2D eigenvalue weighted by molar-refractivity contribution is -0.149. The molecule has 0 saturated carbocycles. The van der Waals surface area contributed by atoms with E-state index in [0.717, 1.165) is 11.3 Å². The molecule has 0 N–H and O–H groups in total. The quantitative estimate of drug-likeness (QED) is 0.513. The van der Waals surface area contributed by atoms with Crippen LogP contribution in [0.3, 0.4) is 0 Å². The van der Waals surface area contributed by atoms with Gasteiger partial charge in [-0.3, -0.25) is 9.59 Å². The third-order valence-corrected chi connectivity index (χ3v) is 9.56. The number of likely N-dealkylation sites (N-methyl/N-ethyl adjacent to an activating group) is 1. The highest BCUT2D eigenvalue weighted by Crippen LogP contribution is 2.28. The van der Waals surface area contributed by atoms with E-state index in [1.807, 2.05) is 19.9 Å². The molecular weight excluding hydrogens is 474 g/mol. The third-order valence-electron chi connectivity index (χ3n) is 6.42. The van der Waals surface area contributed by atoms with Gasteiger partial charge in [-0.05, 0) is 30.9 Å². The molecule has 3 heterocycles. The van der Waals surface area contributed by atoms with Crippen molar-refractivity contribution in [3.05, 3.63) is 21.3 Å². The van der Waals surface area contributed by atoms with Gasteiger partial charge in [-0.1, -0.05) is 31.9 Å². The van der Waals surface area contributed by atoms with Gasteiger partial charge in [0.1, 0.15) is 12.1 Å². The number of nitrogens with zero attached hydrogens (tertiary/aromatic N) is 3. The number of hydrogen-bond acceptors (Lipinski definition) is 6. The summed E-state index contributed by atoms with van der Waals surface area (Å²) >= 11 is 7.29. The van der Waals surface area contributed by atoms with E-state index in [2.05, 4.69) is 0 Å². The van der Waals surface area contributed by atoms with Gasteiger partial charge in [0.15, 0.2) is 0 Å². The predicted molar refractivity (Wildman–Crippen MR) is 125 cm³/mol. The summed E-state index contributed by atoms with van der Waals surface area (Å²) in [6.07, 6.45) is 1.47. The summed E-state index contributed by atoms with van der Waals surface area (Å²) in [5.41, 5.74) is 0. The number of morpholine rings is 1. The van der Waals surface area contributed by atoms with E-state index in [4.69, 9.17) is 16.3 Å². The molecule has 3 atom stereocenters. The van der Waals surface area contributed by atoms with Crippen LogP contribution in [-0.4, -0.2) is 92.1 Å². The molecule has 0 spiro atoms. The molecule has 2 fully saturated rings. The Morgan fingerprint density at radius 1 is 1.31 bits per heavy atom. The van der Waals surface area contributed by atoms with Gasteiger partial charge in [-0.25, -0.2) is 8.42 Å². The molecule has 2 aliphatic rings. The monoisotopic (exact) mass is 505 g/mol. The third kappa shape index (κ3) is 5.64. The summed E-state index contributed by atoms with van der Waals surface area (Å²) in [5.74, 6) is -0.483. The maximum absolute atomic E-state index is 13.3. The SMILES string of the molecule is CC[C@H](C)[C@@H](C(=O)N1CCOCC1)N1CC[C@H](N(C)S(=O)(=O)CCc2ccc(Cl)s2)C1=O. The van der Waals surface area contributed by atoms with E-state index >= 15 is 0 Å². The second-order valence-electron chi connectivity index (χ2n) is 8.39. The molecule has 2 saturated heterocycles.